The molecule has 1 heterocycles. The molecule has 1 saturated heterocycles. The van der Waals surface area contributed by atoms with Crippen LogP contribution in [0.1, 0.15) is 12.0 Å². The van der Waals surface area contributed by atoms with Gasteiger partial charge in [0.2, 0.25) is 0 Å². The standard InChI is InChI=1S/C14H19N3O5S/c1-23(18,19)22-14-7-12(21-10-13(14)16-17-15)9-20-8-11-5-3-2-4-6-11/h2-6,12-14H,7-10H2,1H3/t12-,13?,14?/m0/s1. The van der Waals surface area contributed by atoms with Crippen LogP contribution in [-0.4, -0.2) is 46.1 Å². The van der Waals surface area contributed by atoms with Crippen LogP contribution >= 0.6 is 0 Å². The number of rotatable bonds is 7. The van der Waals surface area contributed by atoms with Crippen molar-refractivity contribution < 1.29 is 22.1 Å². The van der Waals surface area contributed by atoms with Crippen molar-refractivity contribution >= 4 is 10.1 Å². The number of nitrogens with zero attached hydrogens (tertiary/aromatic N) is 3. The maximum atomic E-state index is 11.3. The van der Waals surface area contributed by atoms with Gasteiger partial charge in [-0.05, 0) is 11.1 Å². The molecule has 2 rings (SSSR count). The van der Waals surface area contributed by atoms with Crippen molar-refractivity contribution in [1.29, 1.82) is 0 Å². The summed E-state index contributed by atoms with van der Waals surface area (Å²) in [6.07, 6.45) is 0.206. The second-order valence-corrected chi connectivity index (χ2v) is 6.90. The lowest BCUT2D eigenvalue weighted by Crippen LogP contribution is -2.44. The zero-order valence-corrected chi connectivity index (χ0v) is 13.6. The quantitative estimate of drug-likeness (QED) is 0.326. The molecular weight excluding hydrogens is 322 g/mol. The summed E-state index contributed by atoms with van der Waals surface area (Å²) < 4.78 is 38.8. The molecule has 3 atom stereocenters. The largest absolute Gasteiger partial charge is 0.375 e. The van der Waals surface area contributed by atoms with Crippen LogP contribution in [0.25, 0.3) is 10.4 Å². The van der Waals surface area contributed by atoms with Crippen LogP contribution in [0.5, 0.6) is 0 Å². The summed E-state index contributed by atoms with van der Waals surface area (Å²) in [4.78, 5) is 2.71. The Morgan fingerprint density at radius 2 is 2.13 bits per heavy atom. The van der Waals surface area contributed by atoms with Crippen molar-refractivity contribution in [1.82, 2.24) is 0 Å². The summed E-state index contributed by atoms with van der Waals surface area (Å²) in [7, 11) is -3.64. The van der Waals surface area contributed by atoms with Crippen LogP contribution in [0, 0.1) is 0 Å². The molecule has 126 valence electrons. The maximum absolute atomic E-state index is 11.3. The summed E-state index contributed by atoms with van der Waals surface area (Å²) in [6.45, 7) is 0.850. The minimum Gasteiger partial charge on any atom is -0.375 e. The van der Waals surface area contributed by atoms with Gasteiger partial charge in [-0.25, -0.2) is 0 Å². The van der Waals surface area contributed by atoms with Gasteiger partial charge < -0.3 is 9.47 Å². The van der Waals surface area contributed by atoms with Gasteiger partial charge in [0.25, 0.3) is 10.1 Å². The number of hydrogen-bond acceptors (Lipinski definition) is 6. The summed E-state index contributed by atoms with van der Waals surface area (Å²) >= 11 is 0. The third kappa shape index (κ3) is 6.17. The molecule has 1 fully saturated rings. The second kappa shape index (κ2) is 8.28. The molecule has 0 aliphatic carbocycles. The first-order chi connectivity index (χ1) is 11.0. The molecule has 1 aromatic rings. The van der Waals surface area contributed by atoms with Gasteiger partial charge in [0.15, 0.2) is 0 Å². The maximum Gasteiger partial charge on any atom is 0.264 e. The van der Waals surface area contributed by atoms with Crippen molar-refractivity contribution in [3.63, 3.8) is 0 Å². The van der Waals surface area contributed by atoms with Gasteiger partial charge in [-0.2, -0.15) is 8.42 Å². The fraction of sp³-hybridized carbons (Fsp3) is 0.571. The van der Waals surface area contributed by atoms with Crippen LogP contribution in [-0.2, 0) is 30.4 Å². The molecule has 0 saturated carbocycles. The van der Waals surface area contributed by atoms with Gasteiger partial charge in [-0.15, -0.1) is 0 Å². The smallest absolute Gasteiger partial charge is 0.264 e. The molecule has 9 heteroatoms. The molecule has 23 heavy (non-hydrogen) atoms. The van der Waals surface area contributed by atoms with Crippen molar-refractivity contribution in [2.75, 3.05) is 19.5 Å². The van der Waals surface area contributed by atoms with Gasteiger partial charge in [-0.3, -0.25) is 4.18 Å². The van der Waals surface area contributed by atoms with E-state index in [0.29, 0.717) is 13.2 Å². The van der Waals surface area contributed by atoms with Gasteiger partial charge >= 0.3 is 0 Å². The van der Waals surface area contributed by atoms with Crippen molar-refractivity contribution in [3.8, 4) is 0 Å². The fourth-order valence-electron chi connectivity index (χ4n) is 2.33. The monoisotopic (exact) mass is 341 g/mol. The first-order valence-corrected chi connectivity index (χ1v) is 8.95. The Balaban J connectivity index is 1.87. The van der Waals surface area contributed by atoms with E-state index in [0.717, 1.165) is 11.8 Å². The first kappa shape index (κ1) is 17.7. The van der Waals surface area contributed by atoms with E-state index in [1.54, 1.807) is 0 Å². The van der Waals surface area contributed by atoms with E-state index in [4.69, 9.17) is 19.2 Å². The SMILES string of the molecule is CS(=O)(=O)OC1C[C@@H](COCc2ccccc2)OCC1N=[N+]=[N-]. The molecule has 0 N–H and O–H groups in total. The highest BCUT2D eigenvalue weighted by Gasteiger charge is 2.34. The molecule has 8 nitrogen and oxygen atoms in total. The zero-order valence-electron chi connectivity index (χ0n) is 12.7. The molecule has 0 amide bonds. The molecule has 0 spiro atoms. The minimum absolute atomic E-state index is 0.101. The van der Waals surface area contributed by atoms with E-state index < -0.39 is 22.3 Å². The Hall–Kier alpha value is -1.64. The Kier molecular flexibility index (Phi) is 6.37. The predicted molar refractivity (Wildman–Crippen MR) is 83.1 cm³/mol. The van der Waals surface area contributed by atoms with E-state index in [1.165, 1.54) is 0 Å². The highest BCUT2D eigenvalue weighted by Crippen LogP contribution is 2.22. The predicted octanol–water partition coefficient (Wildman–Crippen LogP) is 2.02. The number of ether oxygens (including phenoxy) is 2. The molecule has 2 unspecified atom stereocenters. The first-order valence-electron chi connectivity index (χ1n) is 7.13. The molecule has 0 aromatic heterocycles. The highest BCUT2D eigenvalue weighted by molar-refractivity contribution is 7.86. The van der Waals surface area contributed by atoms with Crippen molar-refractivity contribution in [2.45, 2.75) is 31.3 Å². The molecule has 1 aliphatic heterocycles. The summed E-state index contributed by atoms with van der Waals surface area (Å²) in [6, 6.07) is 9.02. The molecule has 1 aromatic carbocycles. The number of benzene rings is 1. The third-order valence-corrected chi connectivity index (χ3v) is 3.94. The second-order valence-electron chi connectivity index (χ2n) is 5.30. The lowest BCUT2D eigenvalue weighted by atomic mass is 10.0. The molecule has 0 radical (unpaired) electrons. The Morgan fingerprint density at radius 1 is 1.39 bits per heavy atom. The average Bonchev–Trinajstić information content (AvgIpc) is 2.49. The molecule has 1 aliphatic rings. The fourth-order valence-corrected chi connectivity index (χ4v) is 2.98. The van der Waals surface area contributed by atoms with E-state index in [9.17, 15) is 8.42 Å². The number of azide groups is 1. The van der Waals surface area contributed by atoms with Crippen LogP contribution in [0.15, 0.2) is 35.4 Å². The Bertz CT molecular complexity index is 646. The highest BCUT2D eigenvalue weighted by atomic mass is 32.2. The number of hydrogen-bond donors (Lipinski definition) is 0. The molecule has 0 bridgehead atoms. The van der Waals surface area contributed by atoms with Gasteiger partial charge in [0.1, 0.15) is 0 Å². The Labute approximate surface area is 135 Å². The van der Waals surface area contributed by atoms with Gasteiger partial charge in [0.05, 0.1) is 44.3 Å². The van der Waals surface area contributed by atoms with Crippen LogP contribution < -0.4 is 0 Å². The third-order valence-electron chi connectivity index (χ3n) is 3.34. The lowest BCUT2D eigenvalue weighted by molar-refractivity contribution is -0.0831. The summed E-state index contributed by atoms with van der Waals surface area (Å²) in [5.41, 5.74) is 9.58. The zero-order chi connectivity index (χ0) is 16.7. The average molecular weight is 341 g/mol. The van der Waals surface area contributed by atoms with Gasteiger partial charge in [0, 0.05) is 11.3 Å². The lowest BCUT2D eigenvalue weighted by Gasteiger charge is -2.32. The summed E-state index contributed by atoms with van der Waals surface area (Å²) in [5, 5.41) is 3.54. The van der Waals surface area contributed by atoms with E-state index in [2.05, 4.69) is 10.0 Å². The van der Waals surface area contributed by atoms with Crippen LogP contribution in [0.3, 0.4) is 0 Å². The normalized spacial score (nSPS) is 24.8. The van der Waals surface area contributed by atoms with Gasteiger partial charge in [-0.1, -0.05) is 35.4 Å². The topological polar surface area (TPSA) is 111 Å². The van der Waals surface area contributed by atoms with Crippen LogP contribution in [0.4, 0.5) is 0 Å². The van der Waals surface area contributed by atoms with E-state index in [-0.39, 0.29) is 19.1 Å². The summed E-state index contributed by atoms with van der Waals surface area (Å²) in [5.74, 6) is 0. The van der Waals surface area contributed by atoms with Crippen LogP contribution in [0.2, 0.25) is 0 Å². The van der Waals surface area contributed by atoms with E-state index in [1.807, 2.05) is 30.3 Å². The van der Waals surface area contributed by atoms with E-state index >= 15 is 0 Å². The van der Waals surface area contributed by atoms with Crippen molar-refractivity contribution in [2.24, 2.45) is 5.11 Å². The Morgan fingerprint density at radius 3 is 2.78 bits per heavy atom. The van der Waals surface area contributed by atoms with Crippen molar-refractivity contribution in [3.05, 3.63) is 46.3 Å². The minimum atomic E-state index is -3.64. The molecular formula is C14H19N3O5S.